The fourth-order valence-corrected chi connectivity index (χ4v) is 2.23. The third kappa shape index (κ3) is 4.97. The average molecular weight is 300 g/mol. The first-order valence-corrected chi connectivity index (χ1v) is 7.52. The van der Waals surface area contributed by atoms with Crippen molar-refractivity contribution in [1.29, 1.82) is 0 Å². The van der Waals surface area contributed by atoms with Gasteiger partial charge in [-0.25, -0.2) is 4.39 Å². The Morgan fingerprint density at radius 2 is 1.82 bits per heavy atom. The standard InChI is InChI=1S/C18H21FN2O/c1-2-15-5-3-4-6-17(15)21-18(22)13-20-12-11-14-7-9-16(19)10-8-14/h3-10,20H,2,11-13H2,1H3,(H,21,22). The maximum Gasteiger partial charge on any atom is 0.238 e. The molecule has 0 saturated carbocycles. The van der Waals surface area contributed by atoms with E-state index in [-0.39, 0.29) is 18.3 Å². The molecule has 0 aliphatic heterocycles. The van der Waals surface area contributed by atoms with Gasteiger partial charge in [-0.05, 0) is 48.7 Å². The number of carbonyl (C=O) groups is 1. The molecule has 0 aromatic heterocycles. The molecule has 0 unspecified atom stereocenters. The second-order valence-electron chi connectivity index (χ2n) is 5.11. The molecule has 0 fully saturated rings. The van der Waals surface area contributed by atoms with Crippen molar-refractivity contribution in [2.45, 2.75) is 19.8 Å². The van der Waals surface area contributed by atoms with Crippen LogP contribution in [0.25, 0.3) is 0 Å². The van der Waals surface area contributed by atoms with Crippen LogP contribution in [0.2, 0.25) is 0 Å². The lowest BCUT2D eigenvalue weighted by atomic mass is 10.1. The quantitative estimate of drug-likeness (QED) is 0.771. The van der Waals surface area contributed by atoms with Crippen LogP contribution >= 0.6 is 0 Å². The zero-order valence-corrected chi connectivity index (χ0v) is 12.7. The Balaban J connectivity index is 1.72. The SMILES string of the molecule is CCc1ccccc1NC(=O)CNCCc1ccc(F)cc1. The number of benzene rings is 2. The average Bonchev–Trinajstić information content (AvgIpc) is 2.54. The minimum atomic E-state index is -0.231. The number of nitrogens with one attached hydrogen (secondary N) is 2. The molecule has 2 rings (SSSR count). The molecule has 3 nitrogen and oxygen atoms in total. The highest BCUT2D eigenvalue weighted by Gasteiger charge is 2.05. The van der Waals surface area contributed by atoms with Gasteiger partial charge in [0, 0.05) is 5.69 Å². The Labute approximate surface area is 130 Å². The van der Waals surface area contributed by atoms with E-state index in [1.54, 1.807) is 12.1 Å². The van der Waals surface area contributed by atoms with Crippen LogP contribution in [-0.4, -0.2) is 19.0 Å². The summed E-state index contributed by atoms with van der Waals surface area (Å²) in [6.07, 6.45) is 1.65. The van der Waals surface area contributed by atoms with E-state index in [1.165, 1.54) is 12.1 Å². The predicted octanol–water partition coefficient (Wildman–Crippen LogP) is 3.16. The molecule has 1 amide bonds. The summed E-state index contributed by atoms with van der Waals surface area (Å²) < 4.78 is 12.8. The maximum atomic E-state index is 12.8. The molecule has 0 heterocycles. The predicted molar refractivity (Wildman–Crippen MR) is 87.4 cm³/mol. The Kier molecular flexibility index (Phi) is 6.10. The molecule has 0 aliphatic carbocycles. The number of halogens is 1. The Bertz CT molecular complexity index is 611. The molecule has 0 atom stereocenters. The molecule has 0 saturated heterocycles. The smallest absolute Gasteiger partial charge is 0.238 e. The molecule has 0 radical (unpaired) electrons. The number of para-hydroxylation sites is 1. The number of rotatable bonds is 7. The summed E-state index contributed by atoms with van der Waals surface area (Å²) in [6, 6.07) is 14.2. The summed E-state index contributed by atoms with van der Waals surface area (Å²) >= 11 is 0. The highest BCUT2D eigenvalue weighted by molar-refractivity contribution is 5.92. The van der Waals surface area contributed by atoms with E-state index in [0.29, 0.717) is 6.54 Å². The molecule has 4 heteroatoms. The third-order valence-corrected chi connectivity index (χ3v) is 3.46. The Morgan fingerprint density at radius 1 is 1.09 bits per heavy atom. The van der Waals surface area contributed by atoms with Crippen molar-refractivity contribution in [2.75, 3.05) is 18.4 Å². The normalized spacial score (nSPS) is 10.5. The van der Waals surface area contributed by atoms with E-state index in [1.807, 2.05) is 24.3 Å². The van der Waals surface area contributed by atoms with Gasteiger partial charge in [-0.1, -0.05) is 37.3 Å². The summed E-state index contributed by atoms with van der Waals surface area (Å²) in [5.74, 6) is -0.286. The van der Waals surface area contributed by atoms with Gasteiger partial charge in [-0.3, -0.25) is 4.79 Å². The van der Waals surface area contributed by atoms with Crippen molar-refractivity contribution in [1.82, 2.24) is 5.32 Å². The molecule has 2 aromatic carbocycles. The summed E-state index contributed by atoms with van der Waals surface area (Å²) in [5, 5.41) is 6.02. The molecule has 116 valence electrons. The second kappa shape index (κ2) is 8.29. The van der Waals surface area contributed by atoms with Crippen molar-refractivity contribution in [2.24, 2.45) is 0 Å². The summed E-state index contributed by atoms with van der Waals surface area (Å²) in [5.41, 5.74) is 3.04. The van der Waals surface area contributed by atoms with Gasteiger partial charge in [0.25, 0.3) is 0 Å². The molecule has 0 spiro atoms. The van der Waals surface area contributed by atoms with E-state index in [0.717, 1.165) is 29.7 Å². The monoisotopic (exact) mass is 300 g/mol. The molecule has 0 aliphatic rings. The number of anilines is 1. The highest BCUT2D eigenvalue weighted by atomic mass is 19.1. The van der Waals surface area contributed by atoms with Gasteiger partial charge in [0.1, 0.15) is 5.82 Å². The van der Waals surface area contributed by atoms with Gasteiger partial charge < -0.3 is 10.6 Å². The lowest BCUT2D eigenvalue weighted by Crippen LogP contribution is -2.29. The van der Waals surface area contributed by atoms with E-state index >= 15 is 0 Å². The van der Waals surface area contributed by atoms with Gasteiger partial charge >= 0.3 is 0 Å². The minimum Gasteiger partial charge on any atom is -0.325 e. The van der Waals surface area contributed by atoms with Crippen molar-refractivity contribution < 1.29 is 9.18 Å². The summed E-state index contributed by atoms with van der Waals surface area (Å²) in [6.45, 7) is 3.00. The molecule has 22 heavy (non-hydrogen) atoms. The van der Waals surface area contributed by atoms with Crippen LogP contribution in [0.4, 0.5) is 10.1 Å². The zero-order chi connectivity index (χ0) is 15.8. The van der Waals surface area contributed by atoms with Crippen LogP contribution in [-0.2, 0) is 17.6 Å². The van der Waals surface area contributed by atoms with E-state index in [2.05, 4.69) is 17.6 Å². The molecule has 2 aromatic rings. The molecular weight excluding hydrogens is 279 g/mol. The number of aryl methyl sites for hydroxylation is 1. The van der Waals surface area contributed by atoms with Gasteiger partial charge in [0.05, 0.1) is 6.54 Å². The van der Waals surface area contributed by atoms with Gasteiger partial charge in [0.15, 0.2) is 0 Å². The van der Waals surface area contributed by atoms with Gasteiger partial charge in [-0.15, -0.1) is 0 Å². The molecular formula is C18H21FN2O. The second-order valence-corrected chi connectivity index (χ2v) is 5.11. The first-order valence-electron chi connectivity index (χ1n) is 7.52. The van der Waals surface area contributed by atoms with Crippen LogP contribution in [0.3, 0.4) is 0 Å². The van der Waals surface area contributed by atoms with Gasteiger partial charge in [-0.2, -0.15) is 0 Å². The number of hydrogen-bond acceptors (Lipinski definition) is 2. The maximum absolute atomic E-state index is 12.8. The number of carbonyl (C=O) groups excluding carboxylic acids is 1. The summed E-state index contributed by atoms with van der Waals surface area (Å²) in [4.78, 5) is 11.9. The fourth-order valence-electron chi connectivity index (χ4n) is 2.23. The van der Waals surface area contributed by atoms with Crippen LogP contribution in [0.5, 0.6) is 0 Å². The van der Waals surface area contributed by atoms with Gasteiger partial charge in [0.2, 0.25) is 5.91 Å². The van der Waals surface area contributed by atoms with Crippen molar-refractivity contribution in [3.63, 3.8) is 0 Å². The van der Waals surface area contributed by atoms with Crippen molar-refractivity contribution in [3.8, 4) is 0 Å². The van der Waals surface area contributed by atoms with E-state index in [4.69, 9.17) is 0 Å². The number of amides is 1. The highest BCUT2D eigenvalue weighted by Crippen LogP contribution is 2.14. The fraction of sp³-hybridized carbons (Fsp3) is 0.278. The molecule has 0 bridgehead atoms. The lowest BCUT2D eigenvalue weighted by molar-refractivity contribution is -0.115. The van der Waals surface area contributed by atoms with Crippen LogP contribution in [0.1, 0.15) is 18.1 Å². The lowest BCUT2D eigenvalue weighted by Gasteiger charge is -2.10. The zero-order valence-electron chi connectivity index (χ0n) is 12.7. The van der Waals surface area contributed by atoms with Crippen molar-refractivity contribution in [3.05, 3.63) is 65.5 Å². The summed E-state index contributed by atoms with van der Waals surface area (Å²) in [7, 11) is 0. The van der Waals surface area contributed by atoms with Crippen LogP contribution in [0, 0.1) is 5.82 Å². The topological polar surface area (TPSA) is 41.1 Å². The van der Waals surface area contributed by atoms with Crippen LogP contribution in [0.15, 0.2) is 48.5 Å². The largest absolute Gasteiger partial charge is 0.325 e. The van der Waals surface area contributed by atoms with Crippen molar-refractivity contribution >= 4 is 11.6 Å². The first kappa shape index (κ1) is 16.2. The van der Waals surface area contributed by atoms with Crippen LogP contribution < -0.4 is 10.6 Å². The first-order chi connectivity index (χ1) is 10.7. The number of hydrogen-bond donors (Lipinski definition) is 2. The Morgan fingerprint density at radius 3 is 2.55 bits per heavy atom. The Hall–Kier alpha value is -2.20. The van der Waals surface area contributed by atoms with E-state index in [9.17, 15) is 9.18 Å². The third-order valence-electron chi connectivity index (χ3n) is 3.46. The minimum absolute atomic E-state index is 0.0555. The molecule has 2 N–H and O–H groups in total. The van der Waals surface area contributed by atoms with E-state index < -0.39 is 0 Å².